The molecule has 2 heterocycles. The highest BCUT2D eigenvalue weighted by molar-refractivity contribution is 6.27. The van der Waals surface area contributed by atoms with Gasteiger partial charge in [-0.05, 0) is 25.0 Å². The van der Waals surface area contributed by atoms with Crippen molar-refractivity contribution in [2.24, 2.45) is 0 Å². The Hall–Kier alpha value is -3.65. The van der Waals surface area contributed by atoms with Gasteiger partial charge in [-0.1, -0.05) is 18.2 Å². The van der Waals surface area contributed by atoms with Gasteiger partial charge in [-0.15, -0.1) is 0 Å². The molecular weight excluding hydrogens is 406 g/mol. The molecule has 3 amide bonds. The lowest BCUT2D eigenvalue weighted by Gasteiger charge is -2.21. The summed E-state index contributed by atoms with van der Waals surface area (Å²) in [6.07, 6.45) is 1.65. The quantitative estimate of drug-likeness (QED) is 0.426. The molecule has 11 nitrogen and oxygen atoms in total. The average molecular weight is 431 g/mol. The van der Waals surface area contributed by atoms with Gasteiger partial charge >= 0.3 is 18.0 Å². The van der Waals surface area contributed by atoms with E-state index in [0.717, 1.165) is 18.5 Å². The zero-order valence-electron chi connectivity index (χ0n) is 16.9. The summed E-state index contributed by atoms with van der Waals surface area (Å²) in [7, 11) is 0. The number of likely N-dealkylation sites (tertiary alicyclic amines) is 1. The molecular formula is C20H25N5O6. The minimum atomic E-state index is -1.82. The first-order valence-electron chi connectivity index (χ1n) is 9.82. The molecule has 0 aromatic heterocycles. The van der Waals surface area contributed by atoms with E-state index in [4.69, 9.17) is 25.1 Å². The number of nitrogens with zero attached hydrogens (tertiary/aromatic N) is 4. The maximum atomic E-state index is 12.4. The van der Waals surface area contributed by atoms with Crippen LogP contribution in [-0.2, 0) is 14.4 Å². The summed E-state index contributed by atoms with van der Waals surface area (Å²) < 4.78 is 0. The monoisotopic (exact) mass is 431 g/mol. The fraction of sp³-hybridized carbons (Fsp3) is 0.450. The van der Waals surface area contributed by atoms with Crippen LogP contribution < -0.4 is 10.2 Å². The van der Waals surface area contributed by atoms with Gasteiger partial charge in [-0.25, -0.2) is 14.4 Å². The van der Waals surface area contributed by atoms with E-state index >= 15 is 0 Å². The van der Waals surface area contributed by atoms with Crippen LogP contribution in [0.5, 0.6) is 0 Å². The SMILES string of the molecule is N#C[C@H]1CCCN1C(=O)CNCCN1CCN(c2ccccc2)C1=O.O=C(O)C(=O)O. The van der Waals surface area contributed by atoms with Gasteiger partial charge in [-0.2, -0.15) is 5.26 Å². The number of carbonyl (C=O) groups excluding carboxylic acids is 2. The van der Waals surface area contributed by atoms with E-state index in [1.807, 2.05) is 30.3 Å². The lowest BCUT2D eigenvalue weighted by molar-refractivity contribution is -0.159. The number of carbonyl (C=O) groups is 4. The van der Waals surface area contributed by atoms with Crippen molar-refractivity contribution < 1.29 is 29.4 Å². The summed E-state index contributed by atoms with van der Waals surface area (Å²) >= 11 is 0. The molecule has 1 atom stereocenters. The number of aliphatic carboxylic acids is 2. The van der Waals surface area contributed by atoms with Gasteiger partial charge in [0.2, 0.25) is 5.91 Å². The van der Waals surface area contributed by atoms with Crippen LogP contribution >= 0.6 is 0 Å². The van der Waals surface area contributed by atoms with Crippen molar-refractivity contribution in [3.05, 3.63) is 30.3 Å². The fourth-order valence-electron chi connectivity index (χ4n) is 3.35. The van der Waals surface area contributed by atoms with E-state index in [1.54, 1.807) is 14.7 Å². The summed E-state index contributed by atoms with van der Waals surface area (Å²) in [5.41, 5.74) is 0.912. The second-order valence-electron chi connectivity index (χ2n) is 6.92. The molecule has 31 heavy (non-hydrogen) atoms. The average Bonchev–Trinajstić information content (AvgIpc) is 3.39. The molecule has 2 fully saturated rings. The first-order valence-corrected chi connectivity index (χ1v) is 9.82. The molecule has 11 heteroatoms. The third-order valence-corrected chi connectivity index (χ3v) is 4.90. The van der Waals surface area contributed by atoms with Crippen molar-refractivity contribution in [1.82, 2.24) is 15.1 Å². The van der Waals surface area contributed by atoms with Gasteiger partial charge in [0.15, 0.2) is 0 Å². The predicted molar refractivity (Wildman–Crippen MR) is 109 cm³/mol. The summed E-state index contributed by atoms with van der Waals surface area (Å²) in [5.74, 6) is -3.69. The topological polar surface area (TPSA) is 154 Å². The normalized spacial score (nSPS) is 17.7. The molecule has 2 aliphatic heterocycles. The van der Waals surface area contributed by atoms with E-state index in [0.29, 0.717) is 32.7 Å². The van der Waals surface area contributed by atoms with Crippen molar-refractivity contribution >= 4 is 29.6 Å². The lowest BCUT2D eigenvalue weighted by atomic mass is 10.2. The number of anilines is 1. The van der Waals surface area contributed by atoms with Crippen LogP contribution in [0, 0.1) is 11.3 Å². The Labute approximate surface area is 179 Å². The Balaban J connectivity index is 0.000000501. The molecule has 0 saturated carbocycles. The Morgan fingerprint density at radius 3 is 2.39 bits per heavy atom. The second kappa shape index (κ2) is 11.5. The number of hydrogen-bond donors (Lipinski definition) is 3. The zero-order valence-corrected chi connectivity index (χ0v) is 16.9. The van der Waals surface area contributed by atoms with Gasteiger partial charge in [0.1, 0.15) is 6.04 Å². The van der Waals surface area contributed by atoms with Gasteiger partial charge in [0.05, 0.1) is 12.6 Å². The molecule has 0 bridgehead atoms. The lowest BCUT2D eigenvalue weighted by Crippen LogP contribution is -2.43. The minimum absolute atomic E-state index is 0.00316. The number of nitrogens with one attached hydrogen (secondary N) is 1. The maximum Gasteiger partial charge on any atom is 0.414 e. The molecule has 0 aliphatic carbocycles. The number of nitriles is 1. The molecule has 0 radical (unpaired) electrons. The number of para-hydroxylation sites is 1. The Morgan fingerprint density at radius 1 is 1.10 bits per heavy atom. The Kier molecular flexibility index (Phi) is 8.78. The second-order valence-corrected chi connectivity index (χ2v) is 6.92. The van der Waals surface area contributed by atoms with E-state index < -0.39 is 11.9 Å². The Morgan fingerprint density at radius 2 is 1.77 bits per heavy atom. The fourth-order valence-corrected chi connectivity index (χ4v) is 3.35. The highest BCUT2D eigenvalue weighted by atomic mass is 16.4. The third-order valence-electron chi connectivity index (χ3n) is 4.90. The zero-order chi connectivity index (χ0) is 22.8. The van der Waals surface area contributed by atoms with E-state index in [9.17, 15) is 9.59 Å². The summed E-state index contributed by atoms with van der Waals surface area (Å²) in [6.45, 7) is 3.37. The molecule has 2 saturated heterocycles. The molecule has 3 rings (SSSR count). The number of urea groups is 1. The van der Waals surface area contributed by atoms with Gasteiger partial charge in [-0.3, -0.25) is 9.69 Å². The molecule has 0 spiro atoms. The largest absolute Gasteiger partial charge is 0.473 e. The molecule has 2 aliphatic rings. The number of amides is 3. The van der Waals surface area contributed by atoms with Gasteiger partial charge < -0.3 is 25.3 Å². The van der Waals surface area contributed by atoms with Crippen LogP contribution in [0.2, 0.25) is 0 Å². The highest BCUT2D eigenvalue weighted by Crippen LogP contribution is 2.19. The standard InChI is InChI=1S/C18H23N5O2.C2H2O4/c19-13-16-7-4-9-22(16)17(24)14-20-8-10-21-11-12-23(18(21)25)15-5-2-1-3-6-15;3-1(4)2(5)6/h1-3,5-6,16,20H,4,7-12,14H2;(H,3,4)(H,5,6)/t16-;/m1./s1. The molecule has 0 unspecified atom stereocenters. The molecule has 1 aromatic carbocycles. The number of benzene rings is 1. The van der Waals surface area contributed by atoms with E-state index in [2.05, 4.69) is 11.4 Å². The van der Waals surface area contributed by atoms with Crippen LogP contribution in [-0.4, -0.2) is 89.2 Å². The van der Waals surface area contributed by atoms with Gasteiger partial charge in [0.25, 0.3) is 0 Å². The van der Waals surface area contributed by atoms with Crippen LogP contribution in [0.3, 0.4) is 0 Å². The number of carboxylic acid groups (broad SMARTS) is 2. The molecule has 166 valence electrons. The Bertz CT molecular complexity index is 828. The minimum Gasteiger partial charge on any atom is -0.473 e. The van der Waals surface area contributed by atoms with Crippen molar-refractivity contribution in [2.45, 2.75) is 18.9 Å². The van der Waals surface area contributed by atoms with Crippen LogP contribution in [0.1, 0.15) is 12.8 Å². The predicted octanol–water partition coefficient (Wildman–Crippen LogP) is 0.188. The van der Waals surface area contributed by atoms with E-state index in [-0.39, 0.29) is 24.5 Å². The van der Waals surface area contributed by atoms with Crippen molar-refractivity contribution in [3.63, 3.8) is 0 Å². The summed E-state index contributed by atoms with van der Waals surface area (Å²) in [6, 6.07) is 11.5. The number of carboxylic acids is 2. The van der Waals surface area contributed by atoms with Crippen LogP contribution in [0.25, 0.3) is 0 Å². The third kappa shape index (κ3) is 6.68. The number of hydrogen-bond acceptors (Lipinski definition) is 6. The molecule has 3 N–H and O–H groups in total. The van der Waals surface area contributed by atoms with Crippen LogP contribution in [0.4, 0.5) is 10.5 Å². The van der Waals surface area contributed by atoms with Crippen molar-refractivity contribution in [2.75, 3.05) is 44.2 Å². The maximum absolute atomic E-state index is 12.4. The van der Waals surface area contributed by atoms with Crippen LogP contribution in [0.15, 0.2) is 30.3 Å². The van der Waals surface area contributed by atoms with E-state index in [1.165, 1.54) is 0 Å². The molecule has 1 aromatic rings. The first-order chi connectivity index (χ1) is 14.8. The first kappa shape index (κ1) is 23.6. The highest BCUT2D eigenvalue weighted by Gasteiger charge is 2.30. The number of rotatable bonds is 6. The summed E-state index contributed by atoms with van der Waals surface area (Å²) in [5, 5.41) is 26.9. The smallest absolute Gasteiger partial charge is 0.414 e. The van der Waals surface area contributed by atoms with Crippen molar-refractivity contribution in [1.29, 1.82) is 5.26 Å². The van der Waals surface area contributed by atoms with Crippen molar-refractivity contribution in [3.8, 4) is 6.07 Å². The van der Waals surface area contributed by atoms with Gasteiger partial charge in [0, 0.05) is 38.4 Å². The summed E-state index contributed by atoms with van der Waals surface area (Å²) in [4.78, 5) is 48.0.